The Morgan fingerprint density at radius 1 is 1.06 bits per heavy atom. The molecule has 2 saturated carbocycles. The monoisotopic (exact) mass is 256 g/mol. The molecule has 0 aromatic rings. The summed E-state index contributed by atoms with van der Waals surface area (Å²) in [6.07, 6.45) is 15.0. The summed E-state index contributed by atoms with van der Waals surface area (Å²) in [6, 6.07) is 0. The van der Waals surface area contributed by atoms with Crippen molar-refractivity contribution in [1.82, 2.24) is 0 Å². The van der Waals surface area contributed by atoms with Crippen molar-refractivity contribution >= 4 is 11.6 Å². The Bertz CT molecular complexity index is 256. The van der Waals surface area contributed by atoms with Crippen LogP contribution in [0.4, 0.5) is 0 Å². The summed E-state index contributed by atoms with van der Waals surface area (Å²) in [4.78, 5) is 0. The summed E-state index contributed by atoms with van der Waals surface area (Å²) in [5.41, 5.74) is 0.296. The minimum absolute atomic E-state index is 0.296. The van der Waals surface area contributed by atoms with Crippen molar-refractivity contribution in [1.29, 1.82) is 0 Å². The first-order valence-electron chi connectivity index (χ1n) is 7.59. The van der Waals surface area contributed by atoms with Gasteiger partial charge in [-0.2, -0.15) is 0 Å². The van der Waals surface area contributed by atoms with Crippen molar-refractivity contribution in [3.8, 4) is 0 Å². The molecule has 98 valence electrons. The number of hydrogen-bond donors (Lipinski definition) is 0. The van der Waals surface area contributed by atoms with Gasteiger partial charge in [0.25, 0.3) is 0 Å². The predicted molar refractivity (Wildman–Crippen MR) is 71.5 cm³/mol. The zero-order valence-corrected chi connectivity index (χ0v) is 11.6. The van der Waals surface area contributed by atoms with Crippen molar-refractivity contribution in [3.63, 3.8) is 0 Å². The van der Waals surface area contributed by atoms with Crippen LogP contribution in [-0.4, -0.2) is 17.1 Å². The maximum atomic E-state index is 6.38. The van der Waals surface area contributed by atoms with E-state index < -0.39 is 0 Å². The second-order valence-corrected chi connectivity index (χ2v) is 7.01. The second-order valence-electron chi connectivity index (χ2n) is 6.45. The fraction of sp³-hybridized carbons (Fsp3) is 1.00. The van der Waals surface area contributed by atoms with E-state index in [1.807, 2.05) is 0 Å². The van der Waals surface area contributed by atoms with Crippen molar-refractivity contribution < 1.29 is 4.74 Å². The highest BCUT2D eigenvalue weighted by Gasteiger charge is 2.41. The van der Waals surface area contributed by atoms with E-state index in [4.69, 9.17) is 16.3 Å². The quantitative estimate of drug-likeness (QED) is 0.665. The fourth-order valence-corrected chi connectivity index (χ4v) is 4.08. The van der Waals surface area contributed by atoms with Gasteiger partial charge in [0.05, 0.1) is 11.7 Å². The van der Waals surface area contributed by atoms with Crippen LogP contribution in [0.5, 0.6) is 0 Å². The number of alkyl halides is 1. The summed E-state index contributed by atoms with van der Waals surface area (Å²) >= 11 is 6.38. The molecule has 0 bridgehead atoms. The summed E-state index contributed by atoms with van der Waals surface area (Å²) in [7, 11) is 0. The third-order valence-corrected chi connectivity index (χ3v) is 5.58. The van der Waals surface area contributed by atoms with E-state index in [2.05, 4.69) is 0 Å². The molecule has 2 aliphatic carbocycles. The molecule has 1 saturated heterocycles. The van der Waals surface area contributed by atoms with Crippen LogP contribution in [-0.2, 0) is 4.74 Å². The number of hydrogen-bond acceptors (Lipinski definition) is 1. The molecule has 3 fully saturated rings. The fourth-order valence-electron chi connectivity index (χ4n) is 3.70. The van der Waals surface area contributed by atoms with Gasteiger partial charge >= 0.3 is 0 Å². The van der Waals surface area contributed by atoms with Gasteiger partial charge in [-0.15, -0.1) is 11.6 Å². The van der Waals surface area contributed by atoms with E-state index >= 15 is 0 Å². The molecule has 1 heterocycles. The highest BCUT2D eigenvalue weighted by atomic mass is 35.5. The van der Waals surface area contributed by atoms with Crippen molar-refractivity contribution in [2.75, 3.05) is 0 Å². The molecule has 0 aromatic carbocycles. The van der Waals surface area contributed by atoms with Crippen LogP contribution in [0.3, 0.4) is 0 Å². The molecule has 2 atom stereocenters. The zero-order chi connectivity index (χ0) is 11.7. The lowest BCUT2D eigenvalue weighted by atomic mass is 9.83. The summed E-state index contributed by atoms with van der Waals surface area (Å²) < 4.78 is 6.38. The van der Waals surface area contributed by atoms with Crippen LogP contribution in [0.1, 0.15) is 70.6 Å². The van der Waals surface area contributed by atoms with Crippen molar-refractivity contribution in [3.05, 3.63) is 0 Å². The molecule has 0 N–H and O–H groups in total. The third-order valence-electron chi connectivity index (χ3n) is 5.00. The summed E-state index contributed by atoms with van der Waals surface area (Å²) in [5.74, 6) is 0.835. The summed E-state index contributed by atoms with van der Waals surface area (Å²) in [6.45, 7) is 0. The molecule has 17 heavy (non-hydrogen) atoms. The summed E-state index contributed by atoms with van der Waals surface area (Å²) in [5, 5.41) is 0.432. The normalized spacial score (nSPS) is 34.1. The zero-order valence-electron chi connectivity index (χ0n) is 10.8. The molecule has 0 radical (unpaired) electrons. The van der Waals surface area contributed by atoms with Gasteiger partial charge < -0.3 is 4.74 Å². The van der Waals surface area contributed by atoms with Gasteiger partial charge in [-0.1, -0.05) is 19.3 Å². The van der Waals surface area contributed by atoms with E-state index in [9.17, 15) is 0 Å². The Kier molecular flexibility index (Phi) is 3.68. The average molecular weight is 257 g/mol. The van der Waals surface area contributed by atoms with E-state index in [1.165, 1.54) is 70.6 Å². The lowest BCUT2D eigenvalue weighted by Crippen LogP contribution is -2.31. The average Bonchev–Trinajstić information content (AvgIpc) is 3.13. The number of halogens is 1. The van der Waals surface area contributed by atoms with Crippen LogP contribution in [0.15, 0.2) is 0 Å². The molecular formula is C15H25ClO. The van der Waals surface area contributed by atoms with Crippen molar-refractivity contribution in [2.24, 2.45) is 5.92 Å². The molecule has 3 aliphatic rings. The van der Waals surface area contributed by atoms with E-state index in [-0.39, 0.29) is 0 Å². The van der Waals surface area contributed by atoms with Gasteiger partial charge in [0.1, 0.15) is 0 Å². The molecule has 1 spiro atoms. The Morgan fingerprint density at radius 3 is 2.53 bits per heavy atom. The largest absolute Gasteiger partial charge is 0.372 e. The van der Waals surface area contributed by atoms with Crippen LogP contribution < -0.4 is 0 Å². The highest BCUT2D eigenvalue weighted by Crippen LogP contribution is 2.44. The Morgan fingerprint density at radius 2 is 1.82 bits per heavy atom. The standard InChI is InChI=1S/C15H25ClO/c16-14(12-4-5-12)7-6-13-8-11-15(17-13)9-2-1-3-10-15/h12-14H,1-11H2. The molecular weight excluding hydrogens is 232 g/mol. The smallest absolute Gasteiger partial charge is 0.0687 e. The first-order valence-corrected chi connectivity index (χ1v) is 8.03. The maximum absolute atomic E-state index is 6.38. The maximum Gasteiger partial charge on any atom is 0.0687 e. The molecule has 3 rings (SSSR count). The van der Waals surface area contributed by atoms with Gasteiger partial charge in [-0.05, 0) is 57.3 Å². The molecule has 0 amide bonds. The molecule has 0 aromatic heterocycles. The number of ether oxygens (including phenoxy) is 1. The lowest BCUT2D eigenvalue weighted by Gasteiger charge is -2.33. The van der Waals surface area contributed by atoms with Crippen LogP contribution >= 0.6 is 11.6 Å². The minimum atomic E-state index is 0.296. The van der Waals surface area contributed by atoms with Crippen molar-refractivity contribution in [2.45, 2.75) is 87.7 Å². The van der Waals surface area contributed by atoms with E-state index in [0.717, 1.165) is 5.92 Å². The van der Waals surface area contributed by atoms with Gasteiger partial charge in [-0.3, -0.25) is 0 Å². The van der Waals surface area contributed by atoms with Crippen LogP contribution in [0.2, 0.25) is 0 Å². The molecule has 2 unspecified atom stereocenters. The second kappa shape index (κ2) is 5.09. The molecule has 1 nitrogen and oxygen atoms in total. The van der Waals surface area contributed by atoms with Gasteiger partial charge in [-0.25, -0.2) is 0 Å². The van der Waals surface area contributed by atoms with Gasteiger partial charge in [0.2, 0.25) is 0 Å². The first kappa shape index (κ1) is 12.3. The number of rotatable bonds is 4. The van der Waals surface area contributed by atoms with Crippen LogP contribution in [0.25, 0.3) is 0 Å². The third kappa shape index (κ3) is 2.98. The Labute approximate surface area is 110 Å². The molecule has 2 heteroatoms. The Balaban J connectivity index is 1.43. The Hall–Kier alpha value is 0.250. The highest BCUT2D eigenvalue weighted by molar-refractivity contribution is 6.20. The van der Waals surface area contributed by atoms with Crippen LogP contribution in [0, 0.1) is 5.92 Å². The first-order chi connectivity index (χ1) is 8.27. The van der Waals surface area contributed by atoms with Gasteiger partial charge in [0, 0.05) is 5.38 Å². The van der Waals surface area contributed by atoms with E-state index in [1.54, 1.807) is 0 Å². The molecule has 1 aliphatic heterocycles. The van der Waals surface area contributed by atoms with E-state index in [0.29, 0.717) is 17.1 Å². The SMILES string of the molecule is ClC(CCC1CCC2(CCCCC2)O1)C1CC1. The minimum Gasteiger partial charge on any atom is -0.372 e. The predicted octanol–water partition coefficient (Wildman–Crippen LogP) is 4.67. The van der Waals surface area contributed by atoms with Gasteiger partial charge in [0.15, 0.2) is 0 Å². The lowest BCUT2D eigenvalue weighted by molar-refractivity contribution is -0.0660. The topological polar surface area (TPSA) is 9.23 Å².